The van der Waals surface area contributed by atoms with Crippen molar-refractivity contribution in [1.29, 1.82) is 0 Å². The molecule has 0 unspecified atom stereocenters. The number of nitrogens with one attached hydrogen (secondary N) is 1. The summed E-state index contributed by atoms with van der Waals surface area (Å²) in [5, 5.41) is 18.9. The van der Waals surface area contributed by atoms with Gasteiger partial charge in [0.2, 0.25) is 0 Å². The van der Waals surface area contributed by atoms with Crippen molar-refractivity contribution in [2.24, 2.45) is 0 Å². The number of aromatic nitrogens is 3. The minimum Gasteiger partial charge on any atom is -0.388 e. The first-order chi connectivity index (χ1) is 7.15. The van der Waals surface area contributed by atoms with Crippen molar-refractivity contribution < 1.29 is 9.90 Å². The van der Waals surface area contributed by atoms with Crippen LogP contribution in [-0.2, 0) is 13.2 Å². The molecular formula is C8H15N5O2. The van der Waals surface area contributed by atoms with E-state index in [2.05, 4.69) is 15.5 Å². The molecule has 7 nitrogen and oxygen atoms in total. The van der Waals surface area contributed by atoms with Gasteiger partial charge in [-0.3, -0.25) is 0 Å². The van der Waals surface area contributed by atoms with Crippen LogP contribution in [0.3, 0.4) is 0 Å². The van der Waals surface area contributed by atoms with Gasteiger partial charge in [-0.2, -0.15) is 0 Å². The zero-order chi connectivity index (χ0) is 11.3. The van der Waals surface area contributed by atoms with Crippen LogP contribution in [0.4, 0.5) is 4.79 Å². The van der Waals surface area contributed by atoms with Gasteiger partial charge in [-0.05, 0) is 0 Å². The molecule has 0 atom stereocenters. The van der Waals surface area contributed by atoms with Gasteiger partial charge in [0.1, 0.15) is 12.9 Å². The molecule has 2 N–H and O–H groups in total. The highest BCUT2D eigenvalue weighted by Gasteiger charge is 2.04. The van der Waals surface area contributed by atoms with E-state index in [1.165, 1.54) is 11.2 Å². The van der Waals surface area contributed by atoms with Gasteiger partial charge < -0.3 is 19.9 Å². The fraction of sp³-hybridized carbons (Fsp3) is 0.625. The summed E-state index contributed by atoms with van der Waals surface area (Å²) in [5.74, 6) is 0.495. The summed E-state index contributed by atoms with van der Waals surface area (Å²) >= 11 is 0. The van der Waals surface area contributed by atoms with Gasteiger partial charge >= 0.3 is 6.03 Å². The van der Waals surface area contributed by atoms with Gasteiger partial charge in [-0.15, -0.1) is 10.2 Å². The van der Waals surface area contributed by atoms with Crippen molar-refractivity contribution in [1.82, 2.24) is 25.0 Å². The zero-order valence-corrected chi connectivity index (χ0v) is 8.84. The Morgan fingerprint density at radius 2 is 2.40 bits per heavy atom. The topological polar surface area (TPSA) is 83.3 Å². The van der Waals surface area contributed by atoms with Gasteiger partial charge in [0.25, 0.3) is 0 Å². The fourth-order valence-corrected chi connectivity index (χ4v) is 1.03. The molecule has 0 aliphatic heterocycles. The third kappa shape index (κ3) is 3.21. The molecule has 0 aromatic carbocycles. The lowest BCUT2D eigenvalue weighted by Crippen LogP contribution is -2.36. The largest absolute Gasteiger partial charge is 0.388 e. The Labute approximate surface area is 87.7 Å². The van der Waals surface area contributed by atoms with Crippen molar-refractivity contribution in [2.45, 2.75) is 13.2 Å². The van der Waals surface area contributed by atoms with Crippen LogP contribution >= 0.6 is 0 Å². The second-order valence-corrected chi connectivity index (χ2v) is 3.23. The Morgan fingerprint density at radius 1 is 1.67 bits per heavy atom. The van der Waals surface area contributed by atoms with E-state index in [-0.39, 0.29) is 12.6 Å². The first-order valence-corrected chi connectivity index (χ1v) is 4.58. The lowest BCUT2D eigenvalue weighted by atomic mass is 10.5. The minimum atomic E-state index is -0.151. The number of hydrogen-bond acceptors (Lipinski definition) is 4. The maximum absolute atomic E-state index is 11.2. The molecule has 0 saturated carbocycles. The molecule has 1 aromatic rings. The minimum absolute atomic E-state index is 0.145. The molecule has 7 heteroatoms. The number of aliphatic hydroxyl groups is 1. The standard InChI is InChI=1S/C8H15N5O2/c1-12(2)8(15)9-3-4-13-6-10-11-7(13)5-14/h6,14H,3-5H2,1-2H3,(H,9,15). The Morgan fingerprint density at radius 3 is 3.00 bits per heavy atom. The highest BCUT2D eigenvalue weighted by molar-refractivity contribution is 5.73. The Hall–Kier alpha value is -1.63. The first kappa shape index (κ1) is 11.4. The monoisotopic (exact) mass is 213 g/mol. The number of carbonyl (C=O) groups is 1. The van der Waals surface area contributed by atoms with E-state index >= 15 is 0 Å². The predicted molar refractivity (Wildman–Crippen MR) is 53.0 cm³/mol. The van der Waals surface area contributed by atoms with E-state index in [1.54, 1.807) is 18.7 Å². The summed E-state index contributed by atoms with van der Waals surface area (Å²) in [6.07, 6.45) is 1.52. The van der Waals surface area contributed by atoms with Gasteiger partial charge in [0.15, 0.2) is 5.82 Å². The van der Waals surface area contributed by atoms with Crippen LogP contribution in [-0.4, -0.2) is 51.4 Å². The van der Waals surface area contributed by atoms with Crippen LogP contribution in [0.5, 0.6) is 0 Å². The van der Waals surface area contributed by atoms with Crippen molar-refractivity contribution in [3.63, 3.8) is 0 Å². The van der Waals surface area contributed by atoms with E-state index < -0.39 is 0 Å². The summed E-state index contributed by atoms with van der Waals surface area (Å²) < 4.78 is 1.69. The van der Waals surface area contributed by atoms with Crippen molar-refractivity contribution >= 4 is 6.03 Å². The van der Waals surface area contributed by atoms with E-state index in [9.17, 15) is 4.79 Å². The Bertz CT molecular complexity index is 323. The van der Waals surface area contributed by atoms with Crippen molar-refractivity contribution in [3.8, 4) is 0 Å². The zero-order valence-electron chi connectivity index (χ0n) is 8.84. The molecule has 1 aromatic heterocycles. The fourth-order valence-electron chi connectivity index (χ4n) is 1.03. The van der Waals surface area contributed by atoms with Gasteiger partial charge in [0, 0.05) is 27.2 Å². The summed E-state index contributed by atoms with van der Waals surface area (Å²) in [4.78, 5) is 12.6. The van der Waals surface area contributed by atoms with E-state index in [0.29, 0.717) is 18.9 Å². The molecule has 2 amide bonds. The van der Waals surface area contributed by atoms with E-state index in [4.69, 9.17) is 5.11 Å². The smallest absolute Gasteiger partial charge is 0.316 e. The highest BCUT2D eigenvalue weighted by atomic mass is 16.3. The third-order valence-corrected chi connectivity index (χ3v) is 1.87. The first-order valence-electron chi connectivity index (χ1n) is 4.58. The summed E-state index contributed by atoms with van der Waals surface area (Å²) in [5.41, 5.74) is 0. The summed E-state index contributed by atoms with van der Waals surface area (Å²) in [6.45, 7) is 0.867. The van der Waals surface area contributed by atoms with E-state index in [1.807, 2.05) is 0 Å². The molecular weight excluding hydrogens is 198 g/mol. The Balaban J connectivity index is 2.35. The number of amides is 2. The normalized spacial score (nSPS) is 10.1. The molecule has 15 heavy (non-hydrogen) atoms. The average molecular weight is 213 g/mol. The molecule has 0 aliphatic carbocycles. The lowest BCUT2D eigenvalue weighted by Gasteiger charge is -2.12. The molecule has 0 saturated heterocycles. The second-order valence-electron chi connectivity index (χ2n) is 3.23. The van der Waals surface area contributed by atoms with Crippen LogP contribution < -0.4 is 5.32 Å². The van der Waals surface area contributed by atoms with Crippen LogP contribution in [0.2, 0.25) is 0 Å². The number of hydrogen-bond donors (Lipinski definition) is 2. The average Bonchev–Trinajstić information content (AvgIpc) is 2.65. The molecule has 0 aliphatic rings. The Kier molecular flexibility index (Phi) is 4.04. The lowest BCUT2D eigenvalue weighted by molar-refractivity contribution is 0.216. The second kappa shape index (κ2) is 5.30. The van der Waals surface area contributed by atoms with Crippen LogP contribution in [0, 0.1) is 0 Å². The van der Waals surface area contributed by atoms with Gasteiger partial charge in [-0.25, -0.2) is 4.79 Å². The quantitative estimate of drug-likeness (QED) is 0.675. The molecule has 0 bridgehead atoms. The van der Waals surface area contributed by atoms with E-state index in [0.717, 1.165) is 0 Å². The number of urea groups is 1. The summed E-state index contributed by atoms with van der Waals surface area (Å²) in [7, 11) is 3.35. The molecule has 84 valence electrons. The molecule has 1 heterocycles. The van der Waals surface area contributed by atoms with Crippen molar-refractivity contribution in [2.75, 3.05) is 20.6 Å². The number of nitrogens with zero attached hydrogens (tertiary/aromatic N) is 4. The molecule has 0 spiro atoms. The number of aliphatic hydroxyl groups excluding tert-OH is 1. The maximum Gasteiger partial charge on any atom is 0.316 e. The van der Waals surface area contributed by atoms with Crippen LogP contribution in [0.1, 0.15) is 5.82 Å². The predicted octanol–water partition coefficient (Wildman–Crippen LogP) is -0.958. The molecule has 1 rings (SSSR count). The van der Waals surface area contributed by atoms with Gasteiger partial charge in [-0.1, -0.05) is 0 Å². The van der Waals surface area contributed by atoms with Crippen LogP contribution in [0.15, 0.2) is 6.33 Å². The highest BCUT2D eigenvalue weighted by Crippen LogP contribution is 1.93. The third-order valence-electron chi connectivity index (χ3n) is 1.87. The summed E-state index contributed by atoms with van der Waals surface area (Å²) in [6, 6.07) is -0.145. The number of carbonyl (C=O) groups excluding carboxylic acids is 1. The maximum atomic E-state index is 11.2. The molecule has 0 fully saturated rings. The SMILES string of the molecule is CN(C)C(=O)NCCn1cnnc1CO. The molecule has 0 radical (unpaired) electrons. The van der Waals surface area contributed by atoms with Crippen LogP contribution in [0.25, 0.3) is 0 Å². The number of rotatable bonds is 4. The van der Waals surface area contributed by atoms with Gasteiger partial charge in [0.05, 0.1) is 0 Å². The van der Waals surface area contributed by atoms with Crippen molar-refractivity contribution in [3.05, 3.63) is 12.2 Å².